The fourth-order valence-electron chi connectivity index (χ4n) is 2.01. The predicted octanol–water partition coefficient (Wildman–Crippen LogP) is 1.77. The lowest BCUT2D eigenvalue weighted by Crippen LogP contribution is -2.33. The molecule has 0 saturated carbocycles. The second-order valence-corrected chi connectivity index (χ2v) is 4.36. The lowest BCUT2D eigenvalue weighted by Gasteiger charge is -2.16. The maximum absolute atomic E-state index is 13.5. The number of non-ortho nitro benzene ring substituents is 1. The summed E-state index contributed by atoms with van der Waals surface area (Å²) in [5.41, 5.74) is -0.216. The standard InChI is InChI=1S/C12H14FN3O3/c13-10-7-9(16(18)19)3-4-11(10)14-8-12(17)15-5-1-2-6-15/h3-4,7,14H,1-2,5-6,8H2. The van der Waals surface area contributed by atoms with Crippen LogP contribution in [0.15, 0.2) is 18.2 Å². The maximum Gasteiger partial charge on any atom is 0.272 e. The molecule has 1 amide bonds. The highest BCUT2D eigenvalue weighted by molar-refractivity contribution is 5.81. The van der Waals surface area contributed by atoms with Crippen LogP contribution in [0.3, 0.4) is 0 Å². The van der Waals surface area contributed by atoms with E-state index >= 15 is 0 Å². The fourth-order valence-corrected chi connectivity index (χ4v) is 2.01. The maximum atomic E-state index is 13.5. The molecule has 0 spiro atoms. The van der Waals surface area contributed by atoms with Crippen LogP contribution >= 0.6 is 0 Å². The molecule has 0 aromatic heterocycles. The van der Waals surface area contributed by atoms with Crippen molar-refractivity contribution in [2.45, 2.75) is 12.8 Å². The summed E-state index contributed by atoms with van der Waals surface area (Å²) in [5, 5.41) is 13.1. The number of carbonyl (C=O) groups excluding carboxylic acids is 1. The van der Waals surface area contributed by atoms with Gasteiger partial charge in [0.1, 0.15) is 0 Å². The Labute approximate surface area is 109 Å². The molecule has 0 radical (unpaired) electrons. The van der Waals surface area contributed by atoms with Crippen LogP contribution in [0.25, 0.3) is 0 Å². The van der Waals surface area contributed by atoms with E-state index < -0.39 is 10.7 Å². The minimum absolute atomic E-state index is 0.00523. The summed E-state index contributed by atoms with van der Waals surface area (Å²) in [6, 6.07) is 3.30. The first-order valence-corrected chi connectivity index (χ1v) is 6.03. The van der Waals surface area contributed by atoms with E-state index in [0.29, 0.717) is 0 Å². The lowest BCUT2D eigenvalue weighted by molar-refractivity contribution is -0.385. The van der Waals surface area contributed by atoms with Crippen LogP contribution in [0.4, 0.5) is 15.8 Å². The summed E-state index contributed by atoms with van der Waals surface area (Å²) < 4.78 is 13.5. The van der Waals surface area contributed by atoms with Gasteiger partial charge in [-0.3, -0.25) is 14.9 Å². The number of benzene rings is 1. The largest absolute Gasteiger partial charge is 0.374 e. The van der Waals surface area contributed by atoms with Gasteiger partial charge in [0.25, 0.3) is 5.69 Å². The molecule has 1 saturated heterocycles. The highest BCUT2D eigenvalue weighted by Gasteiger charge is 2.18. The van der Waals surface area contributed by atoms with Crippen molar-refractivity contribution in [2.75, 3.05) is 25.0 Å². The summed E-state index contributed by atoms with van der Waals surface area (Å²) in [6.45, 7) is 1.47. The van der Waals surface area contributed by atoms with E-state index in [0.717, 1.165) is 32.0 Å². The third kappa shape index (κ3) is 3.18. The van der Waals surface area contributed by atoms with E-state index in [2.05, 4.69) is 5.32 Å². The van der Waals surface area contributed by atoms with Gasteiger partial charge in [-0.1, -0.05) is 0 Å². The number of nitro groups is 1. The van der Waals surface area contributed by atoms with Crippen molar-refractivity contribution in [3.63, 3.8) is 0 Å². The first-order valence-electron chi connectivity index (χ1n) is 6.03. The molecular formula is C12H14FN3O3. The number of likely N-dealkylation sites (tertiary alicyclic amines) is 1. The molecule has 1 fully saturated rings. The molecule has 1 aliphatic rings. The van der Waals surface area contributed by atoms with Gasteiger partial charge in [-0.25, -0.2) is 4.39 Å². The molecule has 19 heavy (non-hydrogen) atoms. The summed E-state index contributed by atoms with van der Waals surface area (Å²) in [5.74, 6) is -0.821. The van der Waals surface area contributed by atoms with Crippen molar-refractivity contribution in [3.8, 4) is 0 Å². The highest BCUT2D eigenvalue weighted by atomic mass is 19.1. The number of amides is 1. The number of halogens is 1. The van der Waals surface area contributed by atoms with E-state index in [9.17, 15) is 19.3 Å². The smallest absolute Gasteiger partial charge is 0.272 e. The predicted molar refractivity (Wildman–Crippen MR) is 67.4 cm³/mol. The van der Waals surface area contributed by atoms with Gasteiger partial charge in [0.2, 0.25) is 5.91 Å². The first-order chi connectivity index (χ1) is 9.08. The molecule has 1 N–H and O–H groups in total. The number of rotatable bonds is 4. The summed E-state index contributed by atoms with van der Waals surface area (Å²) in [7, 11) is 0. The quantitative estimate of drug-likeness (QED) is 0.666. The van der Waals surface area contributed by atoms with Crippen molar-refractivity contribution < 1.29 is 14.1 Å². The first kappa shape index (κ1) is 13.3. The average molecular weight is 267 g/mol. The average Bonchev–Trinajstić information content (AvgIpc) is 2.90. The monoisotopic (exact) mass is 267 g/mol. The minimum Gasteiger partial charge on any atom is -0.374 e. The molecule has 102 valence electrons. The molecule has 0 atom stereocenters. The van der Waals surface area contributed by atoms with Crippen LogP contribution in [0, 0.1) is 15.9 Å². The van der Waals surface area contributed by atoms with Gasteiger partial charge in [0, 0.05) is 19.2 Å². The Morgan fingerprint density at radius 1 is 1.42 bits per heavy atom. The van der Waals surface area contributed by atoms with Gasteiger partial charge >= 0.3 is 0 Å². The summed E-state index contributed by atoms with van der Waals surface area (Å²) >= 11 is 0. The van der Waals surface area contributed by atoms with Crippen LogP contribution in [0.5, 0.6) is 0 Å². The number of hydrogen-bond donors (Lipinski definition) is 1. The summed E-state index contributed by atoms with van der Waals surface area (Å²) in [4.78, 5) is 23.3. The molecule has 0 aliphatic carbocycles. The zero-order chi connectivity index (χ0) is 13.8. The Hall–Kier alpha value is -2.18. The number of nitro benzene ring substituents is 1. The number of hydrogen-bond acceptors (Lipinski definition) is 4. The van der Waals surface area contributed by atoms with Crippen molar-refractivity contribution >= 4 is 17.3 Å². The number of anilines is 1. The molecule has 6 nitrogen and oxygen atoms in total. The van der Waals surface area contributed by atoms with E-state index in [1.54, 1.807) is 4.90 Å². The molecule has 1 aliphatic heterocycles. The van der Waals surface area contributed by atoms with Gasteiger partial charge in [-0.05, 0) is 18.9 Å². The molecule has 1 heterocycles. The zero-order valence-corrected chi connectivity index (χ0v) is 10.3. The molecule has 0 bridgehead atoms. The molecule has 1 aromatic carbocycles. The van der Waals surface area contributed by atoms with Crippen LogP contribution in [-0.4, -0.2) is 35.4 Å². The number of nitrogens with zero attached hydrogens (tertiary/aromatic N) is 2. The van der Waals surface area contributed by atoms with Crippen molar-refractivity contribution in [2.24, 2.45) is 0 Å². The third-order valence-corrected chi connectivity index (χ3v) is 3.05. The van der Waals surface area contributed by atoms with Crippen LogP contribution in [0.1, 0.15) is 12.8 Å². The SMILES string of the molecule is O=C(CNc1ccc([N+](=O)[O-])cc1F)N1CCCC1. The Kier molecular flexibility index (Phi) is 3.94. The van der Waals surface area contributed by atoms with Crippen molar-refractivity contribution in [1.82, 2.24) is 4.90 Å². The topological polar surface area (TPSA) is 75.5 Å². The Bertz CT molecular complexity index is 501. The molecule has 2 rings (SSSR count). The van der Waals surface area contributed by atoms with Crippen LogP contribution in [0.2, 0.25) is 0 Å². The van der Waals surface area contributed by atoms with Gasteiger partial charge in [0.05, 0.1) is 23.2 Å². The molecule has 1 aromatic rings. The van der Waals surface area contributed by atoms with E-state index in [1.807, 2.05) is 0 Å². The number of carbonyl (C=O) groups is 1. The Morgan fingerprint density at radius 3 is 2.68 bits per heavy atom. The van der Waals surface area contributed by atoms with Gasteiger partial charge in [-0.15, -0.1) is 0 Å². The lowest BCUT2D eigenvalue weighted by atomic mass is 10.2. The van der Waals surface area contributed by atoms with Gasteiger partial charge in [0.15, 0.2) is 5.82 Å². The molecular weight excluding hydrogens is 253 g/mol. The van der Waals surface area contributed by atoms with Crippen molar-refractivity contribution in [1.29, 1.82) is 0 Å². The minimum atomic E-state index is -0.733. The molecule has 0 unspecified atom stereocenters. The molecule has 7 heteroatoms. The van der Waals surface area contributed by atoms with Crippen LogP contribution < -0.4 is 5.32 Å². The van der Waals surface area contributed by atoms with Crippen LogP contribution in [-0.2, 0) is 4.79 Å². The third-order valence-electron chi connectivity index (χ3n) is 3.05. The highest BCUT2D eigenvalue weighted by Crippen LogP contribution is 2.20. The van der Waals surface area contributed by atoms with E-state index in [-0.39, 0.29) is 23.8 Å². The Morgan fingerprint density at radius 2 is 2.11 bits per heavy atom. The zero-order valence-electron chi connectivity index (χ0n) is 10.3. The van der Waals surface area contributed by atoms with Gasteiger partial charge in [-0.2, -0.15) is 0 Å². The summed E-state index contributed by atoms with van der Waals surface area (Å²) in [6.07, 6.45) is 2.00. The van der Waals surface area contributed by atoms with E-state index in [4.69, 9.17) is 0 Å². The normalized spacial score (nSPS) is 14.5. The van der Waals surface area contributed by atoms with E-state index in [1.165, 1.54) is 12.1 Å². The number of nitrogens with one attached hydrogen (secondary N) is 1. The second kappa shape index (κ2) is 5.64. The van der Waals surface area contributed by atoms with Crippen molar-refractivity contribution in [3.05, 3.63) is 34.1 Å². The Balaban J connectivity index is 1.95. The second-order valence-electron chi connectivity index (χ2n) is 4.36. The fraction of sp³-hybridized carbons (Fsp3) is 0.417. The van der Waals surface area contributed by atoms with Gasteiger partial charge < -0.3 is 10.2 Å².